The first-order valence-electron chi connectivity index (χ1n) is 10.6. The highest BCUT2D eigenvalue weighted by Gasteiger charge is 2.38. The highest BCUT2D eigenvalue weighted by Crippen LogP contribution is 2.31. The number of hydrogen-bond acceptors (Lipinski definition) is 6. The molecule has 1 aromatic carbocycles. The molecule has 7 heteroatoms. The molecule has 1 saturated heterocycles. The van der Waals surface area contributed by atoms with E-state index in [0.29, 0.717) is 11.5 Å². The van der Waals surface area contributed by atoms with Crippen LogP contribution in [0.1, 0.15) is 22.3 Å². The summed E-state index contributed by atoms with van der Waals surface area (Å²) >= 11 is 0. The largest absolute Gasteiger partial charge is 0.340 e. The molecule has 0 saturated carbocycles. The van der Waals surface area contributed by atoms with Gasteiger partial charge in [-0.1, -0.05) is 24.3 Å². The van der Waals surface area contributed by atoms with Gasteiger partial charge in [0, 0.05) is 31.0 Å². The Morgan fingerprint density at radius 1 is 1.06 bits per heavy atom. The molecule has 0 spiro atoms. The van der Waals surface area contributed by atoms with Gasteiger partial charge in [-0.2, -0.15) is 0 Å². The molecule has 4 heterocycles. The Bertz CT molecular complexity index is 1230. The van der Waals surface area contributed by atoms with Gasteiger partial charge in [-0.25, -0.2) is 13.4 Å². The number of nitrogens with zero attached hydrogens (tertiary/aromatic N) is 3. The minimum Gasteiger partial charge on any atom is -0.340 e. The van der Waals surface area contributed by atoms with E-state index in [2.05, 4.69) is 45.5 Å². The number of fused-ring (bicyclic) bond motifs is 1. The fraction of sp³-hybridized carbons (Fsp3) is 0.333. The number of aryl methyl sites for hydroxylation is 2. The fourth-order valence-electron chi connectivity index (χ4n) is 4.41. The third kappa shape index (κ3) is 4.07. The van der Waals surface area contributed by atoms with Gasteiger partial charge in [0.1, 0.15) is 5.82 Å². The molecular formula is C24H26N4O2S. The third-order valence-corrected chi connectivity index (χ3v) is 8.00. The minimum absolute atomic E-state index is 0.165. The van der Waals surface area contributed by atoms with Gasteiger partial charge in [-0.15, -0.1) is 0 Å². The van der Waals surface area contributed by atoms with Gasteiger partial charge in [0.05, 0.1) is 22.9 Å². The molecule has 6 nitrogen and oxygen atoms in total. The number of nitrogens with one attached hydrogen (secondary N) is 1. The Hall–Kier alpha value is -2.77. The normalized spacial score (nSPS) is 18.3. The maximum atomic E-state index is 11.6. The molecule has 3 aromatic rings. The van der Waals surface area contributed by atoms with E-state index in [4.69, 9.17) is 4.98 Å². The summed E-state index contributed by atoms with van der Waals surface area (Å²) in [4.78, 5) is 11.7. The van der Waals surface area contributed by atoms with E-state index in [1.54, 1.807) is 0 Å². The topological polar surface area (TPSA) is 75.2 Å². The first kappa shape index (κ1) is 20.2. The second-order valence-electron chi connectivity index (χ2n) is 8.60. The predicted octanol–water partition coefficient (Wildman–Crippen LogP) is 3.66. The molecule has 1 N–H and O–H groups in total. The minimum atomic E-state index is -2.81. The van der Waals surface area contributed by atoms with Crippen molar-refractivity contribution in [1.82, 2.24) is 14.9 Å². The summed E-state index contributed by atoms with van der Waals surface area (Å²) in [7, 11) is -2.81. The van der Waals surface area contributed by atoms with Gasteiger partial charge in [0.25, 0.3) is 0 Å². The molecule has 31 heavy (non-hydrogen) atoms. The van der Waals surface area contributed by atoms with Crippen molar-refractivity contribution in [2.75, 3.05) is 23.4 Å². The van der Waals surface area contributed by atoms with Gasteiger partial charge in [0.2, 0.25) is 0 Å². The monoisotopic (exact) mass is 434 g/mol. The van der Waals surface area contributed by atoms with Crippen molar-refractivity contribution in [3.05, 3.63) is 70.9 Å². The van der Waals surface area contributed by atoms with Crippen LogP contribution in [0.5, 0.6) is 0 Å². The third-order valence-electron chi connectivity index (χ3n) is 6.22. The van der Waals surface area contributed by atoms with Crippen molar-refractivity contribution in [2.45, 2.75) is 32.9 Å². The number of rotatable bonds is 4. The fourth-order valence-corrected chi connectivity index (χ4v) is 5.91. The first-order valence-corrected chi connectivity index (χ1v) is 12.4. The molecule has 2 aliphatic rings. The van der Waals surface area contributed by atoms with Crippen molar-refractivity contribution in [2.24, 2.45) is 0 Å². The zero-order valence-corrected chi connectivity index (χ0v) is 18.6. The van der Waals surface area contributed by atoms with Gasteiger partial charge in [0.15, 0.2) is 9.84 Å². The zero-order chi connectivity index (χ0) is 21.6. The SMILES string of the molecule is Cc1ccc(-c2nc(Nc3cccc4c3CCN(C3CS(=O)(=O)C3)C4)ccc2C)nc1. The number of aromatic nitrogens is 2. The summed E-state index contributed by atoms with van der Waals surface area (Å²) in [6.45, 7) is 5.75. The number of benzene rings is 1. The van der Waals surface area contributed by atoms with Crippen LogP contribution in [0.3, 0.4) is 0 Å². The van der Waals surface area contributed by atoms with Crippen LogP contribution in [0.15, 0.2) is 48.7 Å². The molecule has 5 rings (SSSR count). The first-order chi connectivity index (χ1) is 14.9. The number of pyridine rings is 2. The predicted molar refractivity (Wildman–Crippen MR) is 123 cm³/mol. The Morgan fingerprint density at radius 2 is 1.90 bits per heavy atom. The van der Waals surface area contributed by atoms with Crippen LogP contribution in [0.4, 0.5) is 11.5 Å². The van der Waals surface area contributed by atoms with E-state index in [1.807, 2.05) is 32.2 Å². The molecule has 0 unspecified atom stereocenters. The highest BCUT2D eigenvalue weighted by molar-refractivity contribution is 7.92. The molecule has 0 bridgehead atoms. The van der Waals surface area contributed by atoms with E-state index < -0.39 is 9.84 Å². The Kier molecular flexibility index (Phi) is 5.02. The lowest BCUT2D eigenvalue weighted by Crippen LogP contribution is -2.54. The van der Waals surface area contributed by atoms with Crippen LogP contribution in [0, 0.1) is 13.8 Å². The van der Waals surface area contributed by atoms with Crippen LogP contribution in [-0.4, -0.2) is 47.4 Å². The molecule has 0 atom stereocenters. The van der Waals surface area contributed by atoms with Crippen LogP contribution < -0.4 is 5.32 Å². The van der Waals surface area contributed by atoms with Gasteiger partial charge in [-0.3, -0.25) is 9.88 Å². The van der Waals surface area contributed by atoms with Crippen LogP contribution in [-0.2, 0) is 22.8 Å². The Balaban J connectivity index is 1.38. The van der Waals surface area contributed by atoms with E-state index >= 15 is 0 Å². The lowest BCUT2D eigenvalue weighted by Gasteiger charge is -2.40. The van der Waals surface area contributed by atoms with Crippen molar-refractivity contribution >= 4 is 21.3 Å². The highest BCUT2D eigenvalue weighted by atomic mass is 32.2. The molecule has 1 fully saturated rings. The number of anilines is 2. The number of sulfone groups is 1. The van der Waals surface area contributed by atoms with Gasteiger partial charge in [-0.05, 0) is 60.7 Å². The molecule has 2 aliphatic heterocycles. The van der Waals surface area contributed by atoms with E-state index in [0.717, 1.165) is 53.5 Å². The molecule has 2 aromatic heterocycles. The van der Waals surface area contributed by atoms with E-state index in [9.17, 15) is 8.42 Å². The lowest BCUT2D eigenvalue weighted by atomic mass is 9.96. The Labute approximate surface area is 183 Å². The molecule has 0 amide bonds. The summed E-state index contributed by atoms with van der Waals surface area (Å²) in [5.74, 6) is 1.39. The van der Waals surface area contributed by atoms with Crippen molar-refractivity contribution in [3.8, 4) is 11.4 Å². The maximum Gasteiger partial charge on any atom is 0.153 e. The van der Waals surface area contributed by atoms with E-state index in [-0.39, 0.29) is 6.04 Å². The summed E-state index contributed by atoms with van der Waals surface area (Å²) in [5, 5.41) is 3.51. The summed E-state index contributed by atoms with van der Waals surface area (Å²) in [5.41, 5.74) is 7.58. The molecular weight excluding hydrogens is 408 g/mol. The standard InChI is InChI=1S/C24H26N4O2S/c1-16-6-8-22(25-12-16)24-17(2)7-9-23(27-24)26-21-5-3-4-18-13-28(11-10-20(18)21)19-14-31(29,30)15-19/h3-9,12,19H,10-11,13-15H2,1-2H3,(H,26,27). The summed E-state index contributed by atoms with van der Waals surface area (Å²) in [6.07, 6.45) is 2.76. The quantitative estimate of drug-likeness (QED) is 0.676. The lowest BCUT2D eigenvalue weighted by molar-refractivity contribution is 0.196. The maximum absolute atomic E-state index is 11.6. The smallest absolute Gasteiger partial charge is 0.153 e. The molecule has 0 aliphatic carbocycles. The van der Waals surface area contributed by atoms with Crippen molar-refractivity contribution in [1.29, 1.82) is 0 Å². The van der Waals surface area contributed by atoms with Crippen molar-refractivity contribution < 1.29 is 8.42 Å². The van der Waals surface area contributed by atoms with Crippen molar-refractivity contribution in [3.63, 3.8) is 0 Å². The van der Waals surface area contributed by atoms with Crippen LogP contribution >= 0.6 is 0 Å². The van der Waals surface area contributed by atoms with Gasteiger partial charge < -0.3 is 5.32 Å². The van der Waals surface area contributed by atoms with E-state index in [1.165, 1.54) is 11.1 Å². The average molecular weight is 435 g/mol. The van der Waals surface area contributed by atoms with Crippen LogP contribution in [0.25, 0.3) is 11.4 Å². The van der Waals surface area contributed by atoms with Gasteiger partial charge >= 0.3 is 0 Å². The zero-order valence-electron chi connectivity index (χ0n) is 17.8. The average Bonchev–Trinajstić information content (AvgIpc) is 2.74. The second kappa shape index (κ2) is 7.73. The summed E-state index contributed by atoms with van der Waals surface area (Å²) in [6, 6.07) is 14.6. The van der Waals surface area contributed by atoms with Crippen LogP contribution in [0.2, 0.25) is 0 Å². The summed E-state index contributed by atoms with van der Waals surface area (Å²) < 4.78 is 23.1. The number of hydrogen-bond donors (Lipinski definition) is 1. The molecule has 0 radical (unpaired) electrons. The molecule has 160 valence electrons. The second-order valence-corrected chi connectivity index (χ2v) is 10.8. The Morgan fingerprint density at radius 3 is 2.65 bits per heavy atom.